The molecule has 1 aromatic carbocycles. The topological polar surface area (TPSA) is 20.3 Å². The molecule has 0 N–H and O–H groups in total. The van der Waals surface area contributed by atoms with Gasteiger partial charge in [-0.25, -0.2) is 4.39 Å². The van der Waals surface area contributed by atoms with Gasteiger partial charge < -0.3 is 4.90 Å². The van der Waals surface area contributed by atoms with E-state index >= 15 is 0 Å². The molecule has 0 radical (unpaired) electrons. The molecular formula is C13H15BrFNO. The molecule has 1 fully saturated rings. The lowest BCUT2D eigenvalue weighted by atomic mass is 10.2. The molecular weight excluding hydrogens is 285 g/mol. The normalized spacial score (nSPS) is 14.8. The number of benzene rings is 1. The van der Waals surface area contributed by atoms with Crippen LogP contribution in [0.15, 0.2) is 22.7 Å². The Morgan fingerprint density at radius 3 is 2.76 bits per heavy atom. The first-order chi connectivity index (χ1) is 8.13. The standard InChI is InChI=1S/C13H15BrFNO/c1-2-7-16(10-4-5-10)13(17)9-3-6-12(15)11(14)8-9/h3,6,8,10H,2,4-5,7H2,1H3. The first kappa shape index (κ1) is 12.6. The molecule has 92 valence electrons. The van der Waals surface area contributed by atoms with E-state index in [-0.39, 0.29) is 11.7 Å². The monoisotopic (exact) mass is 299 g/mol. The van der Waals surface area contributed by atoms with Gasteiger partial charge in [0, 0.05) is 18.2 Å². The summed E-state index contributed by atoms with van der Waals surface area (Å²) >= 11 is 3.11. The molecule has 17 heavy (non-hydrogen) atoms. The van der Waals surface area contributed by atoms with E-state index in [2.05, 4.69) is 22.9 Å². The molecule has 0 bridgehead atoms. The van der Waals surface area contributed by atoms with Crippen LogP contribution in [0.3, 0.4) is 0 Å². The fourth-order valence-electron chi connectivity index (χ4n) is 1.87. The van der Waals surface area contributed by atoms with Crippen molar-refractivity contribution in [2.45, 2.75) is 32.2 Å². The fraction of sp³-hybridized carbons (Fsp3) is 0.462. The van der Waals surface area contributed by atoms with E-state index in [0.29, 0.717) is 16.1 Å². The van der Waals surface area contributed by atoms with Gasteiger partial charge in [-0.3, -0.25) is 4.79 Å². The maximum atomic E-state index is 13.1. The summed E-state index contributed by atoms with van der Waals surface area (Å²) in [5.41, 5.74) is 0.554. The number of carbonyl (C=O) groups excluding carboxylic acids is 1. The first-order valence-electron chi connectivity index (χ1n) is 5.89. The molecule has 1 saturated carbocycles. The van der Waals surface area contributed by atoms with Crippen LogP contribution in [0.2, 0.25) is 0 Å². The van der Waals surface area contributed by atoms with Gasteiger partial charge in [0.25, 0.3) is 5.91 Å². The van der Waals surface area contributed by atoms with Gasteiger partial charge >= 0.3 is 0 Å². The van der Waals surface area contributed by atoms with Crippen LogP contribution in [0.4, 0.5) is 4.39 Å². The first-order valence-corrected chi connectivity index (χ1v) is 6.68. The molecule has 1 aliphatic carbocycles. The van der Waals surface area contributed by atoms with Crippen molar-refractivity contribution in [3.63, 3.8) is 0 Å². The molecule has 0 saturated heterocycles. The summed E-state index contributed by atoms with van der Waals surface area (Å²) in [6, 6.07) is 4.83. The Hall–Kier alpha value is -0.900. The number of carbonyl (C=O) groups is 1. The van der Waals surface area contributed by atoms with E-state index in [1.165, 1.54) is 6.07 Å². The zero-order valence-electron chi connectivity index (χ0n) is 9.75. The number of hydrogen-bond donors (Lipinski definition) is 0. The molecule has 0 spiro atoms. The van der Waals surface area contributed by atoms with Crippen molar-refractivity contribution < 1.29 is 9.18 Å². The predicted octanol–water partition coefficient (Wildman–Crippen LogP) is 3.60. The van der Waals surface area contributed by atoms with Gasteiger partial charge in [-0.05, 0) is 53.4 Å². The van der Waals surface area contributed by atoms with Crippen LogP contribution < -0.4 is 0 Å². The highest BCUT2D eigenvalue weighted by molar-refractivity contribution is 9.10. The molecule has 4 heteroatoms. The smallest absolute Gasteiger partial charge is 0.254 e. The van der Waals surface area contributed by atoms with Crippen LogP contribution in [0, 0.1) is 5.82 Å². The summed E-state index contributed by atoms with van der Waals surface area (Å²) in [5, 5.41) is 0. The van der Waals surface area contributed by atoms with Crippen LogP contribution >= 0.6 is 15.9 Å². The highest BCUT2D eigenvalue weighted by Crippen LogP contribution is 2.29. The van der Waals surface area contributed by atoms with Gasteiger partial charge in [0.1, 0.15) is 5.82 Å². The van der Waals surface area contributed by atoms with Crippen molar-refractivity contribution in [3.8, 4) is 0 Å². The highest BCUT2D eigenvalue weighted by atomic mass is 79.9. The van der Waals surface area contributed by atoms with Gasteiger partial charge in [0.2, 0.25) is 0 Å². The second kappa shape index (κ2) is 5.17. The van der Waals surface area contributed by atoms with Crippen LogP contribution in [-0.2, 0) is 0 Å². The lowest BCUT2D eigenvalue weighted by Gasteiger charge is -2.21. The van der Waals surface area contributed by atoms with Gasteiger partial charge in [-0.2, -0.15) is 0 Å². The van der Waals surface area contributed by atoms with Gasteiger partial charge in [0.05, 0.1) is 4.47 Å². The lowest BCUT2D eigenvalue weighted by Crippen LogP contribution is -2.33. The van der Waals surface area contributed by atoms with E-state index in [9.17, 15) is 9.18 Å². The summed E-state index contributed by atoms with van der Waals surface area (Å²) in [7, 11) is 0. The minimum absolute atomic E-state index is 0.00931. The molecule has 0 atom stereocenters. The van der Waals surface area contributed by atoms with E-state index < -0.39 is 0 Å². The van der Waals surface area contributed by atoms with E-state index in [4.69, 9.17) is 0 Å². The summed E-state index contributed by atoms with van der Waals surface area (Å²) in [6.07, 6.45) is 3.13. The molecule has 2 rings (SSSR count). The summed E-state index contributed by atoms with van der Waals surface area (Å²) in [4.78, 5) is 14.2. The number of halogens is 2. The largest absolute Gasteiger partial charge is 0.336 e. The Morgan fingerprint density at radius 1 is 1.53 bits per heavy atom. The molecule has 0 unspecified atom stereocenters. The Morgan fingerprint density at radius 2 is 2.24 bits per heavy atom. The molecule has 1 amide bonds. The molecule has 0 aliphatic heterocycles. The van der Waals surface area contributed by atoms with Crippen LogP contribution in [0.1, 0.15) is 36.5 Å². The maximum absolute atomic E-state index is 13.1. The predicted molar refractivity (Wildman–Crippen MR) is 68.4 cm³/mol. The van der Waals surface area contributed by atoms with Gasteiger partial charge in [-0.1, -0.05) is 6.92 Å². The third kappa shape index (κ3) is 2.86. The third-order valence-corrected chi connectivity index (χ3v) is 3.49. The molecule has 1 aromatic rings. The van der Waals surface area contributed by atoms with Crippen molar-refractivity contribution >= 4 is 21.8 Å². The van der Waals surface area contributed by atoms with E-state index in [0.717, 1.165) is 25.8 Å². The van der Waals surface area contributed by atoms with Crippen molar-refractivity contribution in [1.29, 1.82) is 0 Å². The number of nitrogens with zero attached hydrogens (tertiary/aromatic N) is 1. The fourth-order valence-corrected chi connectivity index (χ4v) is 2.25. The highest BCUT2D eigenvalue weighted by Gasteiger charge is 2.32. The maximum Gasteiger partial charge on any atom is 0.254 e. The molecule has 0 heterocycles. The summed E-state index contributed by atoms with van der Waals surface area (Å²) in [5.74, 6) is -0.329. The van der Waals surface area contributed by atoms with Crippen LogP contribution in [0.25, 0.3) is 0 Å². The Bertz CT molecular complexity index is 431. The Labute approximate surface area is 109 Å². The minimum atomic E-state index is -0.338. The number of amides is 1. The zero-order chi connectivity index (χ0) is 12.4. The molecule has 1 aliphatic rings. The average Bonchev–Trinajstić information content (AvgIpc) is 3.13. The lowest BCUT2D eigenvalue weighted by molar-refractivity contribution is 0.0743. The molecule has 0 aromatic heterocycles. The van der Waals surface area contributed by atoms with Crippen LogP contribution in [-0.4, -0.2) is 23.4 Å². The van der Waals surface area contributed by atoms with Crippen molar-refractivity contribution in [2.75, 3.05) is 6.54 Å². The SMILES string of the molecule is CCCN(C(=O)c1ccc(F)c(Br)c1)C1CC1. The van der Waals surface area contributed by atoms with E-state index in [1.54, 1.807) is 12.1 Å². The van der Waals surface area contributed by atoms with Crippen molar-refractivity contribution in [3.05, 3.63) is 34.1 Å². The second-order valence-corrected chi connectivity index (χ2v) is 5.21. The second-order valence-electron chi connectivity index (χ2n) is 4.36. The number of rotatable bonds is 4. The van der Waals surface area contributed by atoms with E-state index in [1.807, 2.05) is 4.90 Å². The quantitative estimate of drug-likeness (QED) is 0.832. The zero-order valence-corrected chi connectivity index (χ0v) is 11.3. The number of hydrogen-bond acceptors (Lipinski definition) is 1. The van der Waals surface area contributed by atoms with Crippen LogP contribution in [0.5, 0.6) is 0 Å². The third-order valence-electron chi connectivity index (χ3n) is 2.88. The molecule has 2 nitrogen and oxygen atoms in total. The van der Waals surface area contributed by atoms with Gasteiger partial charge in [0.15, 0.2) is 0 Å². The minimum Gasteiger partial charge on any atom is -0.336 e. The Kier molecular flexibility index (Phi) is 3.82. The summed E-state index contributed by atoms with van der Waals surface area (Å²) in [6.45, 7) is 2.84. The summed E-state index contributed by atoms with van der Waals surface area (Å²) < 4.78 is 13.5. The van der Waals surface area contributed by atoms with Crippen molar-refractivity contribution in [2.24, 2.45) is 0 Å². The Balaban J connectivity index is 2.19. The average molecular weight is 300 g/mol. The van der Waals surface area contributed by atoms with Gasteiger partial charge in [-0.15, -0.1) is 0 Å². The van der Waals surface area contributed by atoms with Crippen molar-refractivity contribution in [1.82, 2.24) is 4.90 Å².